The van der Waals surface area contributed by atoms with Gasteiger partial charge in [-0.1, -0.05) is 22.9 Å². The van der Waals surface area contributed by atoms with E-state index in [4.69, 9.17) is 4.74 Å². The summed E-state index contributed by atoms with van der Waals surface area (Å²) in [6, 6.07) is 4.54. The molecule has 18 heavy (non-hydrogen) atoms. The number of nitrogens with zero attached hydrogens (tertiary/aromatic N) is 1. The SMILES string of the molecule is CCOC(=O)CN(CC)Cc1cc(F)ccc1Br. The van der Waals surface area contributed by atoms with Crippen molar-refractivity contribution in [2.45, 2.75) is 20.4 Å². The highest BCUT2D eigenvalue weighted by molar-refractivity contribution is 9.10. The highest BCUT2D eigenvalue weighted by Gasteiger charge is 2.12. The first kappa shape index (κ1) is 15.1. The van der Waals surface area contributed by atoms with Gasteiger partial charge in [-0.2, -0.15) is 0 Å². The molecule has 0 heterocycles. The van der Waals surface area contributed by atoms with Crippen LogP contribution in [0.4, 0.5) is 4.39 Å². The van der Waals surface area contributed by atoms with Gasteiger partial charge < -0.3 is 4.74 Å². The summed E-state index contributed by atoms with van der Waals surface area (Å²) in [6.45, 7) is 5.52. The molecule has 0 fully saturated rings. The molecule has 0 radical (unpaired) electrons. The predicted molar refractivity (Wildman–Crippen MR) is 71.7 cm³/mol. The Morgan fingerprint density at radius 3 is 2.78 bits per heavy atom. The zero-order valence-corrected chi connectivity index (χ0v) is 12.2. The third kappa shape index (κ3) is 4.74. The van der Waals surface area contributed by atoms with Gasteiger partial charge in [-0.3, -0.25) is 9.69 Å². The molecule has 100 valence electrons. The van der Waals surface area contributed by atoms with Gasteiger partial charge in [-0.05, 0) is 37.2 Å². The molecule has 0 aliphatic carbocycles. The van der Waals surface area contributed by atoms with Crippen LogP contribution < -0.4 is 0 Å². The van der Waals surface area contributed by atoms with Crippen molar-refractivity contribution >= 4 is 21.9 Å². The number of benzene rings is 1. The van der Waals surface area contributed by atoms with Crippen LogP contribution in [0.15, 0.2) is 22.7 Å². The third-order valence-electron chi connectivity index (χ3n) is 2.51. The van der Waals surface area contributed by atoms with Crippen molar-refractivity contribution in [2.24, 2.45) is 0 Å². The van der Waals surface area contributed by atoms with Crippen LogP contribution in [0.1, 0.15) is 19.4 Å². The lowest BCUT2D eigenvalue weighted by Crippen LogP contribution is -2.30. The molecule has 0 aliphatic rings. The summed E-state index contributed by atoms with van der Waals surface area (Å²) in [5.41, 5.74) is 0.821. The number of hydrogen-bond acceptors (Lipinski definition) is 3. The topological polar surface area (TPSA) is 29.5 Å². The van der Waals surface area contributed by atoms with Gasteiger partial charge in [-0.25, -0.2) is 4.39 Å². The summed E-state index contributed by atoms with van der Waals surface area (Å²) in [4.78, 5) is 13.3. The zero-order valence-electron chi connectivity index (χ0n) is 10.6. The molecule has 0 spiro atoms. The van der Waals surface area contributed by atoms with E-state index in [1.807, 2.05) is 11.8 Å². The molecule has 0 bridgehead atoms. The largest absolute Gasteiger partial charge is 0.465 e. The minimum absolute atomic E-state index is 0.216. The first-order valence-electron chi connectivity index (χ1n) is 5.88. The smallest absolute Gasteiger partial charge is 0.320 e. The van der Waals surface area contributed by atoms with Crippen molar-refractivity contribution in [1.29, 1.82) is 0 Å². The fourth-order valence-corrected chi connectivity index (χ4v) is 1.95. The second-order valence-electron chi connectivity index (χ2n) is 3.84. The minimum atomic E-state index is -0.277. The number of esters is 1. The Morgan fingerprint density at radius 2 is 2.17 bits per heavy atom. The number of carbonyl (C=O) groups is 1. The molecule has 0 unspecified atom stereocenters. The van der Waals surface area contributed by atoms with Crippen LogP contribution in [0.2, 0.25) is 0 Å². The number of ether oxygens (including phenoxy) is 1. The Labute approximate surface area is 115 Å². The maximum Gasteiger partial charge on any atom is 0.320 e. The van der Waals surface area contributed by atoms with E-state index in [9.17, 15) is 9.18 Å². The fourth-order valence-electron chi connectivity index (χ4n) is 1.57. The van der Waals surface area contributed by atoms with Crippen LogP contribution in [-0.4, -0.2) is 30.6 Å². The average Bonchev–Trinajstić information content (AvgIpc) is 2.33. The van der Waals surface area contributed by atoms with Crippen LogP contribution in [0, 0.1) is 5.82 Å². The van der Waals surface area contributed by atoms with Crippen LogP contribution in [0.3, 0.4) is 0 Å². The molecule has 0 aromatic heterocycles. The Balaban J connectivity index is 2.67. The Hall–Kier alpha value is -0.940. The van der Waals surface area contributed by atoms with Gasteiger partial charge in [0, 0.05) is 11.0 Å². The van der Waals surface area contributed by atoms with Gasteiger partial charge in [-0.15, -0.1) is 0 Å². The quantitative estimate of drug-likeness (QED) is 0.755. The van der Waals surface area contributed by atoms with Gasteiger partial charge in [0.1, 0.15) is 5.82 Å². The summed E-state index contributed by atoms with van der Waals surface area (Å²) in [7, 11) is 0. The Bertz CT molecular complexity index is 412. The van der Waals surface area contributed by atoms with Crippen LogP contribution in [-0.2, 0) is 16.1 Å². The molecule has 1 aromatic carbocycles. The number of likely N-dealkylation sites (N-methyl/N-ethyl adjacent to an activating group) is 1. The molecule has 0 aliphatic heterocycles. The van der Waals surface area contributed by atoms with E-state index < -0.39 is 0 Å². The summed E-state index contributed by atoms with van der Waals surface area (Å²) < 4.78 is 18.9. The van der Waals surface area contributed by atoms with Crippen LogP contribution in [0.25, 0.3) is 0 Å². The molecule has 1 aromatic rings. The molecule has 0 saturated carbocycles. The lowest BCUT2D eigenvalue weighted by atomic mass is 10.2. The van der Waals surface area contributed by atoms with Crippen molar-refractivity contribution in [3.8, 4) is 0 Å². The molecule has 3 nitrogen and oxygen atoms in total. The monoisotopic (exact) mass is 317 g/mol. The van der Waals surface area contributed by atoms with Gasteiger partial charge in [0.2, 0.25) is 0 Å². The molecular formula is C13H17BrFNO2. The van der Waals surface area contributed by atoms with Gasteiger partial charge in [0.15, 0.2) is 0 Å². The third-order valence-corrected chi connectivity index (χ3v) is 3.28. The average molecular weight is 318 g/mol. The van der Waals surface area contributed by atoms with Gasteiger partial charge in [0.25, 0.3) is 0 Å². The summed E-state index contributed by atoms with van der Waals surface area (Å²) in [5.74, 6) is -0.535. The molecule has 0 N–H and O–H groups in total. The number of carbonyl (C=O) groups excluding carboxylic acids is 1. The zero-order chi connectivity index (χ0) is 13.5. The van der Waals surface area contributed by atoms with Gasteiger partial charge >= 0.3 is 5.97 Å². The molecule has 0 atom stereocenters. The van der Waals surface area contributed by atoms with Crippen LogP contribution in [0.5, 0.6) is 0 Å². The number of halogens is 2. The van der Waals surface area contributed by atoms with E-state index in [0.29, 0.717) is 19.7 Å². The first-order chi connectivity index (χ1) is 8.56. The van der Waals surface area contributed by atoms with Crippen molar-refractivity contribution in [2.75, 3.05) is 19.7 Å². The minimum Gasteiger partial charge on any atom is -0.465 e. The Morgan fingerprint density at radius 1 is 1.44 bits per heavy atom. The fraction of sp³-hybridized carbons (Fsp3) is 0.462. The van der Waals surface area contributed by atoms with E-state index in [1.165, 1.54) is 12.1 Å². The molecule has 5 heteroatoms. The molecule has 0 amide bonds. The molecule has 0 saturated heterocycles. The maximum absolute atomic E-state index is 13.2. The van der Waals surface area contributed by atoms with E-state index in [0.717, 1.165) is 10.0 Å². The predicted octanol–water partition coefficient (Wildman–Crippen LogP) is 2.97. The standard InChI is InChI=1S/C13H17BrFNO2/c1-3-16(9-13(17)18-4-2)8-10-7-11(15)5-6-12(10)14/h5-7H,3-4,8-9H2,1-2H3. The molecule has 1 rings (SSSR count). The second kappa shape index (κ2) is 7.48. The highest BCUT2D eigenvalue weighted by atomic mass is 79.9. The van der Waals surface area contributed by atoms with E-state index >= 15 is 0 Å². The lowest BCUT2D eigenvalue weighted by Gasteiger charge is -2.20. The van der Waals surface area contributed by atoms with Crippen molar-refractivity contribution in [1.82, 2.24) is 4.90 Å². The van der Waals surface area contributed by atoms with Crippen molar-refractivity contribution in [3.05, 3.63) is 34.1 Å². The lowest BCUT2D eigenvalue weighted by molar-refractivity contribution is -0.144. The van der Waals surface area contributed by atoms with E-state index in [-0.39, 0.29) is 18.3 Å². The molecular weight excluding hydrogens is 301 g/mol. The second-order valence-corrected chi connectivity index (χ2v) is 4.70. The normalized spacial score (nSPS) is 10.7. The van der Waals surface area contributed by atoms with Crippen molar-refractivity contribution < 1.29 is 13.9 Å². The van der Waals surface area contributed by atoms with E-state index in [2.05, 4.69) is 15.9 Å². The highest BCUT2D eigenvalue weighted by Crippen LogP contribution is 2.19. The number of hydrogen-bond donors (Lipinski definition) is 0. The van der Waals surface area contributed by atoms with Gasteiger partial charge in [0.05, 0.1) is 13.2 Å². The van der Waals surface area contributed by atoms with Crippen molar-refractivity contribution in [3.63, 3.8) is 0 Å². The number of rotatable bonds is 6. The summed E-state index contributed by atoms with van der Waals surface area (Å²) in [5, 5.41) is 0. The van der Waals surface area contributed by atoms with E-state index in [1.54, 1.807) is 13.0 Å². The Kier molecular flexibility index (Phi) is 6.29. The summed E-state index contributed by atoms with van der Waals surface area (Å²) in [6.07, 6.45) is 0. The first-order valence-corrected chi connectivity index (χ1v) is 6.68. The van der Waals surface area contributed by atoms with Crippen LogP contribution >= 0.6 is 15.9 Å². The maximum atomic E-state index is 13.2. The summed E-state index contributed by atoms with van der Waals surface area (Å²) >= 11 is 3.38.